The van der Waals surface area contributed by atoms with Crippen molar-refractivity contribution in [2.24, 2.45) is 0 Å². The van der Waals surface area contributed by atoms with Crippen LogP contribution in [-0.4, -0.2) is 241 Å². The highest BCUT2D eigenvalue weighted by Gasteiger charge is 2.47. The van der Waals surface area contributed by atoms with E-state index in [2.05, 4.69) is 90.7 Å². The molecule has 6 saturated heterocycles. The smallest absolute Gasteiger partial charge is 0.410 e. The molecule has 6 aromatic rings. The summed E-state index contributed by atoms with van der Waals surface area (Å²) in [5.74, 6) is 0.987. The maximum atomic E-state index is 13.5. The fourth-order valence-corrected chi connectivity index (χ4v) is 14.3. The number of anilines is 3. The summed E-state index contributed by atoms with van der Waals surface area (Å²) in [6.45, 7) is 30.5. The van der Waals surface area contributed by atoms with E-state index >= 15 is 0 Å². The first kappa shape index (κ1) is 71.5. The van der Waals surface area contributed by atoms with Gasteiger partial charge in [-0.1, -0.05) is 0 Å². The Kier molecular flexibility index (Phi) is 20.9. The summed E-state index contributed by atoms with van der Waals surface area (Å²) >= 11 is 6.02. The molecule has 12 rings (SSSR count). The first-order valence-corrected chi connectivity index (χ1v) is 34.3. The molecule has 4 atom stereocenters. The lowest BCUT2D eigenvalue weighted by atomic mass is 9.97. The van der Waals surface area contributed by atoms with Crippen molar-refractivity contribution in [3.05, 3.63) is 89.0 Å². The van der Waals surface area contributed by atoms with Crippen molar-refractivity contribution in [1.82, 2.24) is 78.2 Å². The number of nitrogens with two attached hydrogens (primary N) is 1. The molecule has 27 heteroatoms. The predicted molar refractivity (Wildman–Crippen MR) is 373 cm³/mol. The van der Waals surface area contributed by atoms with Crippen molar-refractivity contribution in [2.45, 2.75) is 193 Å². The lowest BCUT2D eigenvalue weighted by molar-refractivity contribution is -0.00386. The summed E-state index contributed by atoms with van der Waals surface area (Å²) in [5.41, 5.74) is 8.47. The average Bonchev–Trinajstić information content (AvgIpc) is 2.10. The van der Waals surface area contributed by atoms with Crippen molar-refractivity contribution in [3.63, 3.8) is 0 Å². The maximum absolute atomic E-state index is 13.5. The lowest BCUT2D eigenvalue weighted by Crippen LogP contribution is -2.57. The number of rotatable bonds is 8. The molecule has 6 fully saturated rings. The van der Waals surface area contributed by atoms with Crippen LogP contribution < -0.4 is 11.1 Å². The first-order valence-electron chi connectivity index (χ1n) is 33.9. The zero-order valence-corrected chi connectivity index (χ0v) is 60.2. The molecule has 0 radical (unpaired) electrons. The Balaban J connectivity index is 0.000000175. The third-order valence-corrected chi connectivity index (χ3v) is 19.1. The molecule has 4 bridgehead atoms. The molecular weight excluding hydrogens is 1260 g/mol. The molecule has 26 nitrogen and oxygen atoms in total. The van der Waals surface area contributed by atoms with Gasteiger partial charge in [0.15, 0.2) is 0 Å². The van der Waals surface area contributed by atoms with Crippen LogP contribution in [0.15, 0.2) is 61.2 Å². The number of nitrogens with one attached hydrogen (secondary N) is 1. The molecule has 0 spiro atoms. The molecule has 6 aromatic heterocycles. The van der Waals surface area contributed by atoms with Crippen LogP contribution >= 0.6 is 11.6 Å². The highest BCUT2D eigenvalue weighted by Crippen LogP contribution is 2.38. The van der Waals surface area contributed by atoms with Gasteiger partial charge in [-0.3, -0.25) is 38.8 Å². The summed E-state index contributed by atoms with van der Waals surface area (Å²) in [6, 6.07) is 10.9. The van der Waals surface area contributed by atoms with Crippen molar-refractivity contribution < 1.29 is 38.2 Å². The second kappa shape index (κ2) is 28.3. The quantitative estimate of drug-likeness (QED) is 0.134. The van der Waals surface area contributed by atoms with E-state index in [0.29, 0.717) is 71.9 Å². The SMILES string of the molecule is CC(C)(C)OC(=O)N1C2CCC1CN(C(=O)c1ccc(N)nc1)C2.CN(C)C(=O)c1cc2cnc(Cl)nc2n1C1CCN(C(C)(C)C)CC1.CN(C)C(=O)c1cc2cnc(Nc3ccc(C(=O)N4CC5CCC(C4)N5C(=O)OC(C)(C)C)cn3)nc2n1C1CCN(C(C)(C)C)CC1. The highest BCUT2D eigenvalue weighted by molar-refractivity contribution is 6.28. The molecule has 6 aliphatic rings. The molecule has 6 aliphatic heterocycles. The van der Waals surface area contributed by atoms with Crippen LogP contribution in [0.3, 0.4) is 0 Å². The molecule has 12 heterocycles. The number of halogens is 1. The molecule has 0 saturated carbocycles. The van der Waals surface area contributed by atoms with Crippen LogP contribution in [0.2, 0.25) is 5.28 Å². The lowest BCUT2D eigenvalue weighted by Gasteiger charge is -2.41. The van der Waals surface area contributed by atoms with E-state index < -0.39 is 11.2 Å². The number of likely N-dealkylation sites (tertiary alicyclic amines) is 4. The van der Waals surface area contributed by atoms with Crippen LogP contribution in [0, 0.1) is 0 Å². The highest BCUT2D eigenvalue weighted by atomic mass is 35.5. The van der Waals surface area contributed by atoms with E-state index in [1.165, 1.54) is 6.20 Å². The Bertz CT molecular complexity index is 3820. The minimum Gasteiger partial charge on any atom is -0.444 e. The van der Waals surface area contributed by atoms with Gasteiger partial charge in [0.2, 0.25) is 11.2 Å². The number of ether oxygens (including phenoxy) is 2. The number of nitrogen functional groups attached to an aromatic ring is 1. The van der Waals surface area contributed by atoms with E-state index in [-0.39, 0.29) is 88.4 Å². The Labute approximate surface area is 574 Å². The Hall–Kier alpha value is -8.23. The Morgan fingerprint density at radius 1 is 0.505 bits per heavy atom. The average molecular weight is 1360 g/mol. The Morgan fingerprint density at radius 2 is 0.897 bits per heavy atom. The molecule has 6 amide bonds. The fraction of sp³-hybridized carbons (Fsp3) is 0.600. The topological polar surface area (TPSA) is 272 Å². The number of pyridine rings is 2. The number of piperidine rings is 2. The van der Waals surface area contributed by atoms with Gasteiger partial charge in [-0.2, -0.15) is 9.97 Å². The van der Waals surface area contributed by atoms with Gasteiger partial charge in [-0.25, -0.2) is 29.5 Å². The van der Waals surface area contributed by atoms with Crippen LogP contribution in [0.1, 0.15) is 188 Å². The van der Waals surface area contributed by atoms with Gasteiger partial charge in [-0.15, -0.1) is 0 Å². The normalized spacial score (nSPS) is 20.4. The molecular formula is C70H99ClN18O8. The molecule has 97 heavy (non-hydrogen) atoms. The minimum absolute atomic E-state index is 0.0179. The molecule has 3 N–H and O–H groups in total. The fourth-order valence-electron chi connectivity index (χ4n) is 14.1. The number of fused-ring (bicyclic) bond motifs is 6. The van der Waals surface area contributed by atoms with Crippen molar-refractivity contribution >= 4 is 87.1 Å². The van der Waals surface area contributed by atoms with Crippen LogP contribution in [0.5, 0.6) is 0 Å². The predicted octanol–water partition coefficient (Wildman–Crippen LogP) is 10.0. The summed E-state index contributed by atoms with van der Waals surface area (Å²) < 4.78 is 15.3. The summed E-state index contributed by atoms with van der Waals surface area (Å²) in [4.78, 5) is 119. The maximum Gasteiger partial charge on any atom is 0.410 e. The van der Waals surface area contributed by atoms with Crippen molar-refractivity contribution in [1.29, 1.82) is 0 Å². The minimum atomic E-state index is -0.565. The van der Waals surface area contributed by atoms with Crippen LogP contribution in [0.25, 0.3) is 22.1 Å². The number of carbonyl (C=O) groups excluding carboxylic acids is 6. The summed E-state index contributed by atoms with van der Waals surface area (Å²) in [5, 5.41) is 5.06. The van der Waals surface area contributed by atoms with E-state index in [1.54, 1.807) is 85.7 Å². The second-order valence-electron chi connectivity index (χ2n) is 30.9. The monoisotopic (exact) mass is 1350 g/mol. The van der Waals surface area contributed by atoms with Crippen LogP contribution in [0.4, 0.5) is 27.2 Å². The second-order valence-corrected chi connectivity index (χ2v) is 31.2. The van der Waals surface area contributed by atoms with Gasteiger partial charge in [0, 0.05) is 139 Å². The summed E-state index contributed by atoms with van der Waals surface area (Å²) in [6.07, 6.45) is 13.2. The summed E-state index contributed by atoms with van der Waals surface area (Å²) in [7, 11) is 7.06. The van der Waals surface area contributed by atoms with Crippen LogP contribution in [-0.2, 0) is 9.47 Å². The standard InChI is InChI=1S/C35H49N9O4.C18H26ClN5O.C17H24N4O3/c1-34(2,3)42-15-13-24(14-16-42)44-27(31(46)40(7)8)17-23-19-37-32(39-29(23)44)38-28-12-9-22(18-36-28)30(45)41-20-25-10-11-26(21-41)43(25)33(47)48-35(4,5)6;1-18(2,3)23-8-6-13(7-9-23)24-14(16(25)22(4)5)10-12-11-20-17(19)21-15(12)24;1-17(2,3)24-16(23)21-12-5-6-13(21)10-20(9-12)15(22)11-4-7-14(18)19-8-11/h9,12,17-19,24-26H,10-11,13-16,20-21H2,1-8H3,(H,36,37,38,39);10-11,13H,6-9H2,1-5H3;4,7-8,12-13H,5-6,9-10H2,1-3H3,(H2,18,19). The zero-order valence-electron chi connectivity index (χ0n) is 59.4. The van der Waals surface area contributed by atoms with E-state index in [1.807, 2.05) is 68.4 Å². The van der Waals surface area contributed by atoms with E-state index in [0.717, 1.165) is 94.0 Å². The van der Waals surface area contributed by atoms with Gasteiger partial charge in [0.05, 0.1) is 35.3 Å². The Morgan fingerprint density at radius 3 is 1.26 bits per heavy atom. The van der Waals surface area contributed by atoms with E-state index in [9.17, 15) is 28.8 Å². The molecule has 0 aliphatic carbocycles. The zero-order chi connectivity index (χ0) is 70.4. The van der Waals surface area contributed by atoms with Gasteiger partial charge in [-0.05, 0) is 182 Å². The number of nitrogens with zero attached hydrogens (tertiary/aromatic N) is 16. The number of piperazine rings is 2. The number of carbonyl (C=O) groups is 6. The number of hydrogen-bond acceptors (Lipinski definition) is 18. The molecule has 524 valence electrons. The van der Waals surface area contributed by atoms with Gasteiger partial charge >= 0.3 is 12.2 Å². The molecule has 0 aromatic carbocycles. The molecule has 4 unspecified atom stereocenters. The number of aromatic nitrogens is 8. The van der Waals surface area contributed by atoms with Gasteiger partial charge in [0.25, 0.3) is 23.6 Å². The van der Waals surface area contributed by atoms with E-state index in [4.69, 9.17) is 31.8 Å². The first-order chi connectivity index (χ1) is 45.5. The van der Waals surface area contributed by atoms with Gasteiger partial charge < -0.3 is 49.3 Å². The van der Waals surface area contributed by atoms with Crippen molar-refractivity contribution in [3.8, 4) is 0 Å². The number of hydrogen-bond donors (Lipinski definition) is 2. The third-order valence-electron chi connectivity index (χ3n) is 19.0. The largest absolute Gasteiger partial charge is 0.444 e. The van der Waals surface area contributed by atoms with Gasteiger partial charge in [0.1, 0.15) is 45.5 Å². The third kappa shape index (κ3) is 16.5. The van der Waals surface area contributed by atoms with Crippen molar-refractivity contribution in [2.75, 3.05) is 91.6 Å². The number of amides is 6.